The molecule has 0 atom stereocenters. The zero-order valence-corrected chi connectivity index (χ0v) is 21.5. The number of fused-ring (bicyclic) bond motifs is 2. The summed E-state index contributed by atoms with van der Waals surface area (Å²) in [6, 6.07) is 33.4. The van der Waals surface area contributed by atoms with Crippen LogP contribution in [-0.2, 0) is 16.9 Å². The molecule has 3 heteroatoms. The topological polar surface area (TPSA) is 26.3 Å². The highest BCUT2D eigenvalue weighted by Gasteiger charge is 2.29. The molecule has 0 amide bonds. The summed E-state index contributed by atoms with van der Waals surface area (Å²) in [6.45, 7) is 6.85. The van der Waals surface area contributed by atoms with E-state index < -0.39 is 7.14 Å². The molecule has 5 aromatic carbocycles. The number of hydrogen-bond acceptors (Lipinski definition) is 2. The summed E-state index contributed by atoms with van der Waals surface area (Å²) in [4.78, 5) is 0. The minimum Gasteiger partial charge on any atom is -0.494 e. The van der Waals surface area contributed by atoms with Crippen molar-refractivity contribution in [3.63, 3.8) is 0 Å². The Hall–Kier alpha value is -3.35. The predicted octanol–water partition coefficient (Wildman–Crippen LogP) is 8.40. The van der Waals surface area contributed by atoms with Crippen LogP contribution in [0, 0.1) is 13.8 Å². The lowest BCUT2D eigenvalue weighted by atomic mass is 10.0. The second-order valence-corrected chi connectivity index (χ2v) is 12.2. The molecule has 0 saturated carbocycles. The van der Waals surface area contributed by atoms with E-state index in [1.54, 1.807) is 0 Å². The third kappa shape index (κ3) is 4.64. The lowest BCUT2D eigenvalue weighted by Gasteiger charge is -2.23. The Balaban J connectivity index is 1.67. The number of aryl methyl sites for hydroxylation is 2. The van der Waals surface area contributed by atoms with Crippen molar-refractivity contribution >= 4 is 34.0 Å². The van der Waals surface area contributed by atoms with Crippen molar-refractivity contribution in [2.45, 2.75) is 33.1 Å². The van der Waals surface area contributed by atoms with Crippen LogP contribution in [0.2, 0.25) is 0 Å². The summed E-state index contributed by atoms with van der Waals surface area (Å²) in [6.07, 6.45) is 1.05. The first-order chi connectivity index (χ1) is 17.0. The highest BCUT2D eigenvalue weighted by Crippen LogP contribution is 2.53. The Labute approximate surface area is 208 Å². The number of hydrogen-bond donors (Lipinski definition) is 0. The lowest BCUT2D eigenvalue weighted by Crippen LogP contribution is -2.11. The molecule has 0 bridgehead atoms. The van der Waals surface area contributed by atoms with Gasteiger partial charge in [0.25, 0.3) is 0 Å². The van der Waals surface area contributed by atoms with Crippen LogP contribution in [0.4, 0.5) is 0 Å². The van der Waals surface area contributed by atoms with Crippen LogP contribution in [0.3, 0.4) is 0 Å². The number of ether oxygens (including phenoxy) is 1. The molecule has 0 fully saturated rings. The minimum absolute atomic E-state index is 0.525. The SMILES string of the molecule is CCOc1ccc(P(=O)(Cc2c(C)ccc3ccccc23)Cc2c(C)ccc3ccccc23)cc1. The van der Waals surface area contributed by atoms with Gasteiger partial charge in [-0.3, -0.25) is 0 Å². The molecule has 0 aliphatic heterocycles. The van der Waals surface area contributed by atoms with Gasteiger partial charge in [-0.05, 0) is 88.8 Å². The highest BCUT2D eigenvalue weighted by atomic mass is 31.2. The molecule has 5 rings (SSSR count). The summed E-state index contributed by atoms with van der Waals surface area (Å²) < 4.78 is 20.8. The normalized spacial score (nSPS) is 11.7. The molecule has 5 aromatic rings. The monoisotopic (exact) mass is 478 g/mol. The fourth-order valence-electron chi connectivity index (χ4n) is 5.04. The second-order valence-electron chi connectivity index (χ2n) is 9.30. The Morgan fingerprint density at radius 3 is 1.60 bits per heavy atom. The maximum Gasteiger partial charge on any atom is 0.124 e. The van der Waals surface area contributed by atoms with Gasteiger partial charge in [-0.15, -0.1) is 0 Å². The van der Waals surface area contributed by atoms with E-state index in [-0.39, 0.29) is 0 Å². The molecule has 0 spiro atoms. The van der Waals surface area contributed by atoms with Gasteiger partial charge in [0.1, 0.15) is 12.9 Å². The van der Waals surface area contributed by atoms with Crippen LogP contribution in [0.5, 0.6) is 5.75 Å². The van der Waals surface area contributed by atoms with Gasteiger partial charge in [0.05, 0.1) is 6.61 Å². The first kappa shape index (κ1) is 23.4. The van der Waals surface area contributed by atoms with Crippen molar-refractivity contribution in [1.82, 2.24) is 0 Å². The maximum atomic E-state index is 15.2. The molecule has 35 heavy (non-hydrogen) atoms. The fourth-order valence-corrected chi connectivity index (χ4v) is 8.07. The Kier molecular flexibility index (Phi) is 6.50. The average molecular weight is 479 g/mol. The summed E-state index contributed by atoms with van der Waals surface area (Å²) >= 11 is 0. The van der Waals surface area contributed by atoms with E-state index in [0.717, 1.165) is 11.1 Å². The molecule has 2 nitrogen and oxygen atoms in total. The molecule has 0 N–H and O–H groups in total. The smallest absolute Gasteiger partial charge is 0.124 e. The largest absolute Gasteiger partial charge is 0.494 e. The van der Waals surface area contributed by atoms with E-state index in [2.05, 4.69) is 86.6 Å². The van der Waals surface area contributed by atoms with Crippen LogP contribution in [0.1, 0.15) is 29.2 Å². The Bertz CT molecular complexity index is 1460. The first-order valence-corrected chi connectivity index (χ1v) is 14.3. The van der Waals surface area contributed by atoms with Crippen LogP contribution in [0.15, 0.2) is 97.1 Å². The van der Waals surface area contributed by atoms with E-state index >= 15 is 4.57 Å². The van der Waals surface area contributed by atoms with E-state index in [1.165, 1.54) is 43.8 Å². The molecular weight excluding hydrogens is 447 g/mol. The van der Waals surface area contributed by atoms with Gasteiger partial charge in [0.2, 0.25) is 0 Å². The molecule has 0 aliphatic rings. The molecule has 0 aromatic heterocycles. The van der Waals surface area contributed by atoms with Crippen LogP contribution in [0.25, 0.3) is 21.5 Å². The molecule has 176 valence electrons. The van der Waals surface area contributed by atoms with Crippen LogP contribution >= 0.6 is 7.14 Å². The minimum atomic E-state index is -2.87. The van der Waals surface area contributed by atoms with Crippen molar-refractivity contribution in [3.8, 4) is 5.75 Å². The van der Waals surface area contributed by atoms with Gasteiger partial charge in [-0.2, -0.15) is 0 Å². The highest BCUT2D eigenvalue weighted by molar-refractivity contribution is 7.70. The fraction of sp³-hybridized carbons (Fsp3) is 0.188. The van der Waals surface area contributed by atoms with Gasteiger partial charge < -0.3 is 9.30 Å². The third-order valence-corrected chi connectivity index (χ3v) is 9.89. The molecule has 0 aliphatic carbocycles. The lowest BCUT2D eigenvalue weighted by molar-refractivity contribution is 0.340. The number of benzene rings is 5. The van der Waals surface area contributed by atoms with Gasteiger partial charge >= 0.3 is 0 Å². The van der Waals surface area contributed by atoms with Gasteiger partial charge in [-0.25, -0.2) is 0 Å². The molecule has 0 unspecified atom stereocenters. The quantitative estimate of drug-likeness (QED) is 0.220. The van der Waals surface area contributed by atoms with Crippen molar-refractivity contribution in [1.29, 1.82) is 0 Å². The molecule has 0 saturated heterocycles. The first-order valence-electron chi connectivity index (χ1n) is 12.2. The summed E-state index contributed by atoms with van der Waals surface area (Å²) in [5.41, 5.74) is 4.73. The van der Waals surface area contributed by atoms with E-state index in [4.69, 9.17) is 4.74 Å². The van der Waals surface area contributed by atoms with Gasteiger partial charge in [0, 0.05) is 17.6 Å². The number of rotatable bonds is 7. The van der Waals surface area contributed by atoms with Crippen molar-refractivity contribution in [2.75, 3.05) is 6.61 Å². The van der Waals surface area contributed by atoms with Gasteiger partial charge in [0.15, 0.2) is 0 Å². The Morgan fingerprint density at radius 2 is 1.11 bits per heavy atom. The van der Waals surface area contributed by atoms with Crippen molar-refractivity contribution in [2.24, 2.45) is 0 Å². The van der Waals surface area contributed by atoms with Crippen LogP contribution in [-0.4, -0.2) is 6.61 Å². The summed E-state index contributed by atoms with van der Waals surface area (Å²) in [5.74, 6) is 0.811. The third-order valence-electron chi connectivity index (χ3n) is 6.99. The maximum absolute atomic E-state index is 15.2. The summed E-state index contributed by atoms with van der Waals surface area (Å²) in [7, 11) is -2.87. The second kappa shape index (κ2) is 9.72. The Morgan fingerprint density at radius 1 is 0.629 bits per heavy atom. The van der Waals surface area contributed by atoms with E-state index in [1.807, 2.05) is 31.2 Å². The summed E-state index contributed by atoms with van der Waals surface area (Å²) in [5, 5.41) is 5.66. The van der Waals surface area contributed by atoms with Gasteiger partial charge in [-0.1, -0.05) is 72.8 Å². The predicted molar refractivity (Wildman–Crippen MR) is 150 cm³/mol. The van der Waals surface area contributed by atoms with E-state index in [0.29, 0.717) is 18.9 Å². The van der Waals surface area contributed by atoms with Crippen molar-refractivity contribution in [3.05, 3.63) is 119 Å². The van der Waals surface area contributed by atoms with Crippen LogP contribution < -0.4 is 10.0 Å². The zero-order valence-electron chi connectivity index (χ0n) is 20.6. The zero-order chi connectivity index (χ0) is 24.4. The van der Waals surface area contributed by atoms with Crippen molar-refractivity contribution < 1.29 is 9.30 Å². The standard InChI is InChI=1S/C32H31O2P/c1-4-34-27-17-19-28(20-18-27)35(33,21-31-23(2)13-15-25-9-5-7-11-29(25)31)22-32-24(3)14-16-26-10-6-8-12-30(26)32/h5-20H,4,21-22H2,1-3H3. The average Bonchev–Trinajstić information content (AvgIpc) is 2.88. The molecule has 0 radical (unpaired) electrons. The van der Waals surface area contributed by atoms with E-state index in [9.17, 15) is 0 Å². The molecule has 0 heterocycles. The molecular formula is C32H31O2P.